The molecule has 0 unspecified atom stereocenters. The lowest BCUT2D eigenvalue weighted by Gasteiger charge is -2.13. The highest BCUT2D eigenvalue weighted by Crippen LogP contribution is 2.23. The molecule has 1 heterocycles. The second-order valence-corrected chi connectivity index (χ2v) is 4.27. The Morgan fingerprint density at radius 3 is 2.69 bits per heavy atom. The van der Waals surface area contributed by atoms with Crippen molar-refractivity contribution in [1.29, 1.82) is 0 Å². The van der Waals surface area contributed by atoms with Crippen LogP contribution in [0.15, 0.2) is 6.20 Å². The van der Waals surface area contributed by atoms with Gasteiger partial charge in [-0.15, -0.1) is 11.3 Å². The summed E-state index contributed by atoms with van der Waals surface area (Å²) in [7, 11) is 0. The van der Waals surface area contributed by atoms with Crippen molar-refractivity contribution in [2.45, 2.75) is 25.8 Å². The second-order valence-electron chi connectivity index (χ2n) is 2.95. The van der Waals surface area contributed by atoms with Gasteiger partial charge in [-0.25, -0.2) is 13.8 Å². The minimum Gasteiger partial charge on any atom is -0.346 e. The summed E-state index contributed by atoms with van der Waals surface area (Å²) in [5.41, 5.74) is 0. The number of aromatic nitrogens is 1. The number of carbonyl (C=O) groups is 1. The van der Waals surface area contributed by atoms with Crippen molar-refractivity contribution in [1.82, 2.24) is 10.3 Å². The normalized spacial score (nSPS) is 11.9. The van der Waals surface area contributed by atoms with Crippen molar-refractivity contribution < 1.29 is 22.4 Å². The van der Waals surface area contributed by atoms with Gasteiger partial charge in [0.05, 0.1) is 11.6 Å². The van der Waals surface area contributed by atoms with Crippen LogP contribution in [-0.4, -0.2) is 23.2 Å². The van der Waals surface area contributed by atoms with Gasteiger partial charge < -0.3 is 5.32 Å². The zero-order chi connectivity index (χ0) is 12.3. The largest absolute Gasteiger partial charge is 0.383 e. The van der Waals surface area contributed by atoms with Gasteiger partial charge in [0.1, 0.15) is 0 Å². The quantitative estimate of drug-likeness (QED) is 0.837. The first-order valence-electron chi connectivity index (χ1n) is 4.19. The number of amides is 1. The zero-order valence-electron chi connectivity index (χ0n) is 8.14. The van der Waals surface area contributed by atoms with E-state index in [9.17, 15) is 22.4 Å². The van der Waals surface area contributed by atoms with E-state index in [0.717, 1.165) is 0 Å². The van der Waals surface area contributed by atoms with Gasteiger partial charge in [0.15, 0.2) is 0 Å². The average molecular weight is 256 g/mol. The Hall–Kier alpha value is -1.18. The number of nitrogens with one attached hydrogen (secondary N) is 1. The maximum absolute atomic E-state index is 12.5. The Balaban J connectivity index is 2.53. The summed E-state index contributed by atoms with van der Waals surface area (Å²) in [6.45, 7) is 1.47. The van der Waals surface area contributed by atoms with E-state index in [1.807, 2.05) is 0 Å². The van der Waals surface area contributed by atoms with Gasteiger partial charge in [0.25, 0.3) is 5.91 Å². The van der Waals surface area contributed by atoms with E-state index in [-0.39, 0.29) is 6.54 Å². The first kappa shape index (κ1) is 12.9. The lowest BCUT2D eigenvalue weighted by molar-refractivity contribution is -0.169. The number of rotatable bonds is 4. The lowest BCUT2D eigenvalue weighted by atomic mass is 10.3. The first-order chi connectivity index (χ1) is 7.34. The summed E-state index contributed by atoms with van der Waals surface area (Å²) in [6.07, 6.45) is -2.61. The molecule has 3 nitrogen and oxygen atoms in total. The number of aryl methyl sites for hydroxylation is 1. The number of carbonyl (C=O) groups excluding carboxylic acids is 1. The highest BCUT2D eigenvalue weighted by Gasteiger charge is 2.48. The minimum absolute atomic E-state index is 0.230. The third-order valence-electron chi connectivity index (χ3n) is 1.67. The van der Waals surface area contributed by atoms with Crippen LogP contribution in [0.3, 0.4) is 0 Å². The molecule has 0 aromatic carbocycles. The fraction of sp³-hybridized carbons (Fsp3) is 0.500. The molecule has 0 saturated heterocycles. The van der Waals surface area contributed by atoms with Gasteiger partial charge in [-0.05, 0) is 6.92 Å². The Morgan fingerprint density at radius 2 is 2.25 bits per heavy atom. The van der Waals surface area contributed by atoms with E-state index in [2.05, 4.69) is 4.98 Å². The number of hydrogen-bond donors (Lipinski definition) is 1. The summed E-state index contributed by atoms with van der Waals surface area (Å²) in [5.74, 6) is -6.63. The van der Waals surface area contributed by atoms with Crippen molar-refractivity contribution in [2.24, 2.45) is 0 Å². The summed E-state index contributed by atoms with van der Waals surface area (Å²) < 4.78 is 48.5. The van der Waals surface area contributed by atoms with Gasteiger partial charge in [-0.3, -0.25) is 4.79 Å². The number of hydrogen-bond acceptors (Lipinski definition) is 3. The molecule has 0 fully saturated rings. The predicted molar refractivity (Wildman–Crippen MR) is 49.6 cm³/mol. The van der Waals surface area contributed by atoms with Crippen molar-refractivity contribution in [3.05, 3.63) is 16.1 Å². The minimum atomic E-state index is -4.65. The van der Waals surface area contributed by atoms with E-state index < -0.39 is 18.3 Å². The molecule has 0 radical (unpaired) electrons. The van der Waals surface area contributed by atoms with Crippen molar-refractivity contribution >= 4 is 17.2 Å². The summed E-state index contributed by atoms with van der Waals surface area (Å²) in [5, 5.41) is 2.43. The van der Waals surface area contributed by atoms with Crippen molar-refractivity contribution in [3.8, 4) is 0 Å². The number of alkyl halides is 4. The molecular weight excluding hydrogens is 248 g/mol. The number of nitrogens with zero attached hydrogens (tertiary/aromatic N) is 1. The topological polar surface area (TPSA) is 42.0 Å². The molecule has 1 rings (SSSR count). The van der Waals surface area contributed by atoms with Crippen molar-refractivity contribution in [2.75, 3.05) is 0 Å². The number of halogens is 4. The molecule has 0 aliphatic rings. The maximum Gasteiger partial charge on any atom is 0.383 e. The van der Waals surface area contributed by atoms with Gasteiger partial charge in [-0.2, -0.15) is 8.78 Å². The molecule has 0 saturated carbocycles. The van der Waals surface area contributed by atoms with Crippen LogP contribution in [0.1, 0.15) is 9.88 Å². The molecule has 0 aliphatic heterocycles. The van der Waals surface area contributed by atoms with Crippen LogP contribution in [0.4, 0.5) is 17.6 Å². The Bertz CT molecular complexity index is 380. The van der Waals surface area contributed by atoms with E-state index in [4.69, 9.17) is 0 Å². The van der Waals surface area contributed by atoms with Gasteiger partial charge in [-0.1, -0.05) is 0 Å². The molecule has 1 amide bonds. The Kier molecular flexibility index (Phi) is 3.84. The van der Waals surface area contributed by atoms with Crippen LogP contribution >= 0.6 is 11.3 Å². The average Bonchev–Trinajstić information content (AvgIpc) is 2.60. The van der Waals surface area contributed by atoms with Crippen LogP contribution in [0.5, 0.6) is 0 Å². The molecule has 1 aromatic rings. The summed E-state index contributed by atoms with van der Waals surface area (Å²) in [4.78, 5) is 15.1. The van der Waals surface area contributed by atoms with Crippen LogP contribution in [-0.2, 0) is 11.3 Å². The molecule has 0 atom stereocenters. The van der Waals surface area contributed by atoms with Gasteiger partial charge >= 0.3 is 12.3 Å². The van der Waals surface area contributed by atoms with E-state index in [1.165, 1.54) is 17.5 Å². The molecule has 0 spiro atoms. The lowest BCUT2D eigenvalue weighted by Crippen LogP contribution is -2.44. The van der Waals surface area contributed by atoms with E-state index in [0.29, 0.717) is 9.88 Å². The second kappa shape index (κ2) is 4.77. The van der Waals surface area contributed by atoms with Crippen molar-refractivity contribution in [3.63, 3.8) is 0 Å². The highest BCUT2D eigenvalue weighted by atomic mass is 32.1. The third-order valence-corrected chi connectivity index (χ3v) is 2.58. The van der Waals surface area contributed by atoms with E-state index in [1.54, 1.807) is 12.2 Å². The maximum atomic E-state index is 12.5. The summed E-state index contributed by atoms with van der Waals surface area (Å²) >= 11 is 1.19. The fourth-order valence-electron chi connectivity index (χ4n) is 0.871. The SMILES string of the molecule is Cc1ncc(CNC(=O)C(F)(F)C(F)F)s1. The number of thiazole rings is 1. The monoisotopic (exact) mass is 256 g/mol. The zero-order valence-corrected chi connectivity index (χ0v) is 8.95. The van der Waals surface area contributed by atoms with Gasteiger partial charge in [0.2, 0.25) is 0 Å². The van der Waals surface area contributed by atoms with Crippen LogP contribution < -0.4 is 5.32 Å². The molecule has 90 valence electrons. The summed E-state index contributed by atoms with van der Waals surface area (Å²) in [6, 6.07) is 0. The third kappa shape index (κ3) is 2.91. The predicted octanol–water partition coefficient (Wildman–Crippen LogP) is 1.97. The molecule has 8 heteroatoms. The highest BCUT2D eigenvalue weighted by molar-refractivity contribution is 7.11. The molecule has 1 aromatic heterocycles. The van der Waals surface area contributed by atoms with Crippen LogP contribution in [0.25, 0.3) is 0 Å². The van der Waals surface area contributed by atoms with Gasteiger partial charge in [0, 0.05) is 11.1 Å². The first-order valence-corrected chi connectivity index (χ1v) is 5.01. The molecule has 1 N–H and O–H groups in total. The standard InChI is InChI=1S/C8H8F4N2OS/c1-4-13-2-5(16-4)3-14-7(15)8(11,12)6(9)10/h2,6H,3H2,1H3,(H,14,15). The van der Waals surface area contributed by atoms with Crippen LogP contribution in [0.2, 0.25) is 0 Å². The molecule has 16 heavy (non-hydrogen) atoms. The smallest absolute Gasteiger partial charge is 0.346 e. The fourth-order valence-corrected chi connectivity index (χ4v) is 1.61. The Morgan fingerprint density at radius 1 is 1.62 bits per heavy atom. The molecule has 0 aliphatic carbocycles. The Labute approximate surface area is 92.5 Å². The molecular formula is C8H8F4N2OS. The van der Waals surface area contributed by atoms with E-state index >= 15 is 0 Å². The molecule has 0 bridgehead atoms. The van der Waals surface area contributed by atoms with Crippen LogP contribution in [0, 0.1) is 6.92 Å².